The van der Waals surface area contributed by atoms with Gasteiger partial charge in [-0.1, -0.05) is 11.8 Å². The van der Waals surface area contributed by atoms with Crippen LogP contribution in [0.2, 0.25) is 0 Å². The molecule has 0 saturated heterocycles. The molecule has 27 heavy (non-hydrogen) atoms. The Labute approximate surface area is 150 Å². The topological polar surface area (TPSA) is 90.4 Å². The van der Waals surface area contributed by atoms with Gasteiger partial charge < -0.3 is 20.1 Å². The first-order chi connectivity index (χ1) is 12.6. The molecule has 0 spiro atoms. The van der Waals surface area contributed by atoms with E-state index >= 15 is 0 Å². The number of aliphatic hydroxyl groups is 1. The smallest absolute Gasteiger partial charge is 0.433 e. The highest BCUT2D eigenvalue weighted by Gasteiger charge is 2.42. The standard InChI is InChI=1S/C17H13F4N3O3/c1-8(25)2-3-9-6-10-12(7-11(9)18)27-5-4-24-14(17(19,20)21)13(15(22)26)23-16(10)24/h6-8,25H,4-5H2,1H3,(H2,22,26). The fourth-order valence-corrected chi connectivity index (χ4v) is 2.71. The average molecular weight is 383 g/mol. The van der Waals surface area contributed by atoms with Crippen LogP contribution in [0.15, 0.2) is 12.1 Å². The Kier molecular flexibility index (Phi) is 4.57. The SMILES string of the molecule is CC(O)C#Cc1cc2c(cc1F)OCCn1c-2nc(C(N)=O)c1C(F)(F)F. The van der Waals surface area contributed by atoms with E-state index in [9.17, 15) is 27.5 Å². The van der Waals surface area contributed by atoms with Gasteiger partial charge in [-0.3, -0.25) is 4.79 Å². The Bertz CT molecular complexity index is 984. The number of imidazole rings is 1. The summed E-state index contributed by atoms with van der Waals surface area (Å²) in [6.07, 6.45) is -5.91. The second-order valence-electron chi connectivity index (χ2n) is 5.77. The van der Waals surface area contributed by atoms with Gasteiger partial charge >= 0.3 is 6.18 Å². The minimum absolute atomic E-state index is 0.0294. The van der Waals surface area contributed by atoms with Crippen molar-refractivity contribution < 1.29 is 32.2 Å². The molecule has 1 aliphatic rings. The Morgan fingerprint density at radius 3 is 2.74 bits per heavy atom. The molecule has 142 valence electrons. The number of carbonyl (C=O) groups excluding carboxylic acids is 1. The number of amides is 1. The quantitative estimate of drug-likeness (QED) is 0.582. The van der Waals surface area contributed by atoms with Crippen LogP contribution in [0.1, 0.15) is 28.7 Å². The number of aliphatic hydroxyl groups excluding tert-OH is 1. The van der Waals surface area contributed by atoms with Crippen molar-refractivity contribution in [1.29, 1.82) is 0 Å². The van der Waals surface area contributed by atoms with E-state index < -0.39 is 35.4 Å². The molecule has 6 nitrogen and oxygen atoms in total. The number of halogens is 4. The van der Waals surface area contributed by atoms with Crippen molar-refractivity contribution in [1.82, 2.24) is 9.55 Å². The number of hydrogen-bond acceptors (Lipinski definition) is 4. The van der Waals surface area contributed by atoms with E-state index in [1.54, 1.807) is 0 Å². The van der Waals surface area contributed by atoms with Crippen LogP contribution in [-0.2, 0) is 12.7 Å². The predicted octanol–water partition coefficient (Wildman–Crippen LogP) is 1.93. The molecule has 0 aliphatic carbocycles. The molecule has 3 N–H and O–H groups in total. The Hall–Kier alpha value is -3.06. The summed E-state index contributed by atoms with van der Waals surface area (Å²) in [5.74, 6) is 2.39. The number of carbonyl (C=O) groups is 1. The van der Waals surface area contributed by atoms with Crippen molar-refractivity contribution in [2.45, 2.75) is 25.7 Å². The average Bonchev–Trinajstić information content (AvgIpc) is 2.86. The molecule has 0 fully saturated rings. The lowest BCUT2D eigenvalue weighted by Gasteiger charge is -2.12. The zero-order valence-electron chi connectivity index (χ0n) is 13.9. The third kappa shape index (κ3) is 3.46. The van der Waals surface area contributed by atoms with Crippen LogP contribution >= 0.6 is 0 Å². The summed E-state index contributed by atoms with van der Waals surface area (Å²) in [4.78, 5) is 15.2. The van der Waals surface area contributed by atoms with Gasteiger partial charge in [-0.15, -0.1) is 0 Å². The Morgan fingerprint density at radius 2 is 2.15 bits per heavy atom. The number of alkyl halides is 3. The Balaban J connectivity index is 2.29. The van der Waals surface area contributed by atoms with Crippen molar-refractivity contribution in [3.63, 3.8) is 0 Å². The van der Waals surface area contributed by atoms with Crippen molar-refractivity contribution in [3.8, 4) is 29.0 Å². The van der Waals surface area contributed by atoms with E-state index in [2.05, 4.69) is 16.8 Å². The van der Waals surface area contributed by atoms with Crippen molar-refractivity contribution >= 4 is 5.91 Å². The van der Waals surface area contributed by atoms with Gasteiger partial charge in [-0.05, 0) is 13.0 Å². The van der Waals surface area contributed by atoms with E-state index in [1.165, 1.54) is 6.92 Å². The molecule has 2 heterocycles. The number of nitrogens with two attached hydrogens (primary N) is 1. The molecule has 0 bridgehead atoms. The lowest BCUT2D eigenvalue weighted by molar-refractivity contribution is -0.143. The molecule has 0 saturated carbocycles. The van der Waals surface area contributed by atoms with Crippen LogP contribution < -0.4 is 10.5 Å². The van der Waals surface area contributed by atoms with Crippen molar-refractivity contribution in [3.05, 3.63) is 34.9 Å². The first-order valence-electron chi connectivity index (χ1n) is 7.73. The summed E-state index contributed by atoms with van der Waals surface area (Å²) in [6.45, 7) is 0.907. The number of nitrogens with zero attached hydrogens (tertiary/aromatic N) is 2. The monoisotopic (exact) mass is 383 g/mol. The highest BCUT2D eigenvalue weighted by molar-refractivity contribution is 5.93. The molecule has 1 unspecified atom stereocenters. The highest BCUT2D eigenvalue weighted by Crippen LogP contribution is 2.40. The summed E-state index contributed by atoms with van der Waals surface area (Å²) >= 11 is 0. The molecule has 3 rings (SSSR count). The first kappa shape index (κ1) is 18.7. The van der Waals surface area contributed by atoms with Gasteiger partial charge in [0.25, 0.3) is 5.91 Å². The zero-order chi connectivity index (χ0) is 19.9. The maximum absolute atomic E-state index is 14.2. The summed E-state index contributed by atoms with van der Waals surface area (Å²) in [5.41, 5.74) is 2.71. The van der Waals surface area contributed by atoms with E-state index in [4.69, 9.17) is 10.5 Å². The normalized spacial score (nSPS) is 14.1. The number of fused-ring (bicyclic) bond motifs is 3. The van der Waals surface area contributed by atoms with Crippen LogP contribution in [0.25, 0.3) is 11.4 Å². The van der Waals surface area contributed by atoms with Gasteiger partial charge in [0.1, 0.15) is 30.1 Å². The molecule has 1 aromatic carbocycles. The van der Waals surface area contributed by atoms with Crippen molar-refractivity contribution in [2.24, 2.45) is 5.73 Å². The third-order valence-corrected chi connectivity index (χ3v) is 3.77. The fourth-order valence-electron chi connectivity index (χ4n) is 2.71. The molecule has 10 heteroatoms. The van der Waals surface area contributed by atoms with Gasteiger partial charge in [0.2, 0.25) is 0 Å². The molecule has 1 aromatic heterocycles. The van der Waals surface area contributed by atoms with E-state index in [-0.39, 0.29) is 35.9 Å². The Morgan fingerprint density at radius 1 is 1.44 bits per heavy atom. The molecule has 1 aliphatic heterocycles. The maximum atomic E-state index is 14.2. The van der Waals surface area contributed by atoms with Crippen LogP contribution in [0.5, 0.6) is 5.75 Å². The van der Waals surface area contributed by atoms with Gasteiger partial charge in [0.05, 0.1) is 17.7 Å². The number of benzene rings is 1. The zero-order valence-corrected chi connectivity index (χ0v) is 13.9. The summed E-state index contributed by atoms with van der Waals surface area (Å²) in [5, 5.41) is 9.22. The predicted molar refractivity (Wildman–Crippen MR) is 85.2 cm³/mol. The fraction of sp³-hybridized carbons (Fsp3) is 0.294. The van der Waals surface area contributed by atoms with Crippen LogP contribution in [-0.4, -0.2) is 33.3 Å². The minimum atomic E-state index is -4.88. The van der Waals surface area contributed by atoms with Crippen molar-refractivity contribution in [2.75, 3.05) is 6.61 Å². The largest absolute Gasteiger partial charge is 0.491 e. The second kappa shape index (κ2) is 6.59. The second-order valence-corrected chi connectivity index (χ2v) is 5.77. The molecule has 2 aromatic rings. The van der Waals surface area contributed by atoms with Gasteiger partial charge in [-0.25, -0.2) is 9.37 Å². The maximum Gasteiger partial charge on any atom is 0.433 e. The van der Waals surface area contributed by atoms with E-state index in [0.717, 1.165) is 16.7 Å². The van der Waals surface area contributed by atoms with Gasteiger partial charge in [0.15, 0.2) is 11.4 Å². The van der Waals surface area contributed by atoms with E-state index in [0.29, 0.717) is 0 Å². The van der Waals surface area contributed by atoms with Crippen LogP contribution in [0.3, 0.4) is 0 Å². The van der Waals surface area contributed by atoms with Crippen LogP contribution in [0, 0.1) is 17.7 Å². The first-order valence-corrected chi connectivity index (χ1v) is 7.73. The van der Waals surface area contributed by atoms with E-state index in [1.807, 2.05) is 0 Å². The summed E-state index contributed by atoms with van der Waals surface area (Å²) < 4.78 is 60.7. The minimum Gasteiger partial charge on any atom is -0.491 e. The summed E-state index contributed by atoms with van der Waals surface area (Å²) in [7, 11) is 0. The number of rotatable bonds is 1. The summed E-state index contributed by atoms with van der Waals surface area (Å²) in [6, 6.07) is 2.14. The lowest BCUT2D eigenvalue weighted by Crippen LogP contribution is -2.22. The van der Waals surface area contributed by atoms with Gasteiger partial charge in [-0.2, -0.15) is 13.2 Å². The van der Waals surface area contributed by atoms with Gasteiger partial charge in [0, 0.05) is 6.07 Å². The number of aromatic nitrogens is 2. The lowest BCUT2D eigenvalue weighted by atomic mass is 10.1. The molecular weight excluding hydrogens is 370 g/mol. The van der Waals surface area contributed by atoms with Crippen LogP contribution in [0.4, 0.5) is 17.6 Å². The number of hydrogen-bond donors (Lipinski definition) is 2. The number of ether oxygens (including phenoxy) is 1. The molecule has 1 amide bonds. The highest BCUT2D eigenvalue weighted by atomic mass is 19.4. The molecule has 0 radical (unpaired) electrons. The molecular formula is C17H13F4N3O3. The third-order valence-electron chi connectivity index (χ3n) is 3.77. The molecule has 1 atom stereocenters. The number of primary amides is 1.